The number of rotatable bonds is 2. The quantitative estimate of drug-likeness (QED) is 0.797. The summed E-state index contributed by atoms with van der Waals surface area (Å²) in [6.45, 7) is 0. The molecule has 1 aromatic carbocycles. The van der Waals surface area contributed by atoms with Crippen LogP contribution < -0.4 is 0 Å². The lowest BCUT2D eigenvalue weighted by atomic mass is 9.78. The van der Waals surface area contributed by atoms with Crippen molar-refractivity contribution in [3.8, 4) is 0 Å². The Morgan fingerprint density at radius 1 is 1.24 bits per heavy atom. The molecule has 1 aliphatic rings. The molecule has 1 fully saturated rings. The monoisotopic (exact) mass is 323 g/mol. The molecule has 0 aliphatic heterocycles. The second-order valence-electron chi connectivity index (χ2n) is 4.98. The minimum Gasteiger partial charge on any atom is -0.299 e. The van der Waals surface area contributed by atoms with Gasteiger partial charge in [-0.25, -0.2) is 9.67 Å². The van der Waals surface area contributed by atoms with Gasteiger partial charge in [-0.1, -0.05) is 29.3 Å². The van der Waals surface area contributed by atoms with Crippen LogP contribution in [-0.4, -0.2) is 26.3 Å². The van der Waals surface area contributed by atoms with Crippen LogP contribution in [0.2, 0.25) is 10.0 Å². The summed E-state index contributed by atoms with van der Waals surface area (Å²) in [6, 6.07) is 4.50. The highest BCUT2D eigenvalue weighted by Gasteiger charge is 2.39. The van der Waals surface area contributed by atoms with E-state index < -0.39 is 6.04 Å². The number of hydrogen-bond donors (Lipinski definition) is 0. The van der Waals surface area contributed by atoms with Gasteiger partial charge in [-0.15, -0.1) is 0 Å². The van der Waals surface area contributed by atoms with Crippen LogP contribution in [0.15, 0.2) is 30.9 Å². The number of aromatic nitrogens is 3. The number of halogens is 2. The summed E-state index contributed by atoms with van der Waals surface area (Å²) in [5, 5.41) is 5.00. The van der Waals surface area contributed by atoms with E-state index in [0.717, 1.165) is 5.56 Å². The molecule has 3 rings (SSSR count). The molecule has 0 unspecified atom stereocenters. The van der Waals surface area contributed by atoms with E-state index in [-0.39, 0.29) is 30.3 Å². The van der Waals surface area contributed by atoms with Crippen molar-refractivity contribution in [2.45, 2.75) is 24.8 Å². The Kier molecular flexibility index (Phi) is 3.78. The van der Waals surface area contributed by atoms with Crippen molar-refractivity contribution in [2.75, 3.05) is 0 Å². The van der Waals surface area contributed by atoms with Gasteiger partial charge in [-0.05, 0) is 17.7 Å². The maximum atomic E-state index is 12.3. The van der Waals surface area contributed by atoms with Crippen LogP contribution in [0.5, 0.6) is 0 Å². The lowest BCUT2D eigenvalue weighted by molar-refractivity contribution is -0.133. The summed E-state index contributed by atoms with van der Waals surface area (Å²) >= 11 is 12.1. The molecular weight excluding hydrogens is 313 g/mol. The lowest BCUT2D eigenvalue weighted by Gasteiger charge is -2.30. The normalized spacial score (nSPS) is 22.6. The third-order valence-corrected chi connectivity index (χ3v) is 4.18. The zero-order valence-corrected chi connectivity index (χ0v) is 12.4. The molecule has 21 heavy (non-hydrogen) atoms. The molecule has 1 saturated carbocycles. The number of hydrogen-bond acceptors (Lipinski definition) is 4. The van der Waals surface area contributed by atoms with Crippen molar-refractivity contribution in [1.29, 1.82) is 0 Å². The van der Waals surface area contributed by atoms with Crippen molar-refractivity contribution in [3.63, 3.8) is 0 Å². The Hall–Kier alpha value is -1.72. The summed E-state index contributed by atoms with van der Waals surface area (Å²) in [4.78, 5) is 28.0. The Bertz CT molecular complexity index is 700. The van der Waals surface area contributed by atoms with Gasteiger partial charge in [0, 0.05) is 22.4 Å². The van der Waals surface area contributed by atoms with Crippen LogP contribution in [0.1, 0.15) is 30.4 Å². The molecule has 0 radical (unpaired) electrons. The van der Waals surface area contributed by atoms with Crippen LogP contribution >= 0.6 is 23.2 Å². The molecule has 0 saturated heterocycles. The minimum atomic E-state index is -0.566. The highest BCUT2D eigenvalue weighted by molar-refractivity contribution is 6.35. The summed E-state index contributed by atoms with van der Waals surface area (Å²) in [5.41, 5.74) is 0.725. The Balaban J connectivity index is 2.07. The molecule has 108 valence electrons. The zero-order chi connectivity index (χ0) is 15.0. The van der Waals surface area contributed by atoms with E-state index in [1.165, 1.54) is 17.3 Å². The number of Topliss-reactive ketones (excluding diaryl/α,β-unsaturated/α-hetero) is 2. The first-order chi connectivity index (χ1) is 10.1. The number of nitrogens with zero attached hydrogens (tertiary/aromatic N) is 3. The van der Waals surface area contributed by atoms with Gasteiger partial charge < -0.3 is 0 Å². The number of carbonyl (C=O) groups excluding carboxylic acids is 2. The van der Waals surface area contributed by atoms with Gasteiger partial charge in [0.2, 0.25) is 0 Å². The fourth-order valence-electron chi connectivity index (χ4n) is 2.73. The van der Waals surface area contributed by atoms with Crippen molar-refractivity contribution >= 4 is 34.8 Å². The summed E-state index contributed by atoms with van der Waals surface area (Å²) in [6.07, 6.45) is 3.02. The molecule has 0 spiro atoms. The first-order valence-electron chi connectivity index (χ1n) is 6.39. The summed E-state index contributed by atoms with van der Waals surface area (Å²) in [5.74, 6) is -0.620. The Morgan fingerprint density at radius 3 is 2.71 bits per heavy atom. The predicted octanol–water partition coefficient (Wildman–Crippen LogP) is 2.84. The van der Waals surface area contributed by atoms with Crippen molar-refractivity contribution in [3.05, 3.63) is 46.5 Å². The fraction of sp³-hybridized carbons (Fsp3) is 0.286. The number of ketones is 2. The molecule has 5 nitrogen and oxygen atoms in total. The Labute approximate surface area is 130 Å². The first kappa shape index (κ1) is 14.2. The molecular formula is C14H11Cl2N3O2. The SMILES string of the molecule is O=C1CC(=O)[C@@H](n2cncn2)[C@H](c2ccc(Cl)cc2Cl)C1. The smallest absolute Gasteiger partial charge is 0.165 e. The third kappa shape index (κ3) is 2.71. The molecule has 1 heterocycles. The average Bonchev–Trinajstić information content (AvgIpc) is 2.91. The first-order valence-corrected chi connectivity index (χ1v) is 7.15. The largest absolute Gasteiger partial charge is 0.299 e. The van der Waals surface area contributed by atoms with Crippen LogP contribution in [-0.2, 0) is 9.59 Å². The molecule has 2 atom stereocenters. The highest BCUT2D eigenvalue weighted by atomic mass is 35.5. The molecule has 7 heteroatoms. The van der Waals surface area contributed by atoms with Crippen LogP contribution in [0.25, 0.3) is 0 Å². The van der Waals surface area contributed by atoms with Gasteiger partial charge in [0.05, 0.1) is 6.42 Å². The fourth-order valence-corrected chi connectivity index (χ4v) is 3.28. The number of benzene rings is 1. The van der Waals surface area contributed by atoms with E-state index in [2.05, 4.69) is 10.1 Å². The second-order valence-corrected chi connectivity index (χ2v) is 5.82. The van der Waals surface area contributed by atoms with Gasteiger partial charge >= 0.3 is 0 Å². The molecule has 0 bridgehead atoms. The van der Waals surface area contributed by atoms with E-state index in [4.69, 9.17) is 23.2 Å². The van der Waals surface area contributed by atoms with Gasteiger partial charge in [0.25, 0.3) is 0 Å². The zero-order valence-electron chi connectivity index (χ0n) is 10.9. The van der Waals surface area contributed by atoms with Gasteiger partial charge in [0.15, 0.2) is 5.78 Å². The maximum Gasteiger partial charge on any atom is 0.165 e. The molecule has 2 aromatic rings. The van der Waals surface area contributed by atoms with E-state index in [0.29, 0.717) is 10.0 Å². The van der Waals surface area contributed by atoms with Crippen LogP contribution in [0.4, 0.5) is 0 Å². The topological polar surface area (TPSA) is 64.8 Å². The predicted molar refractivity (Wildman–Crippen MR) is 77.5 cm³/mol. The molecule has 1 aliphatic carbocycles. The summed E-state index contributed by atoms with van der Waals surface area (Å²) < 4.78 is 1.49. The standard InChI is InChI=1S/C14H11Cl2N3O2/c15-8-1-2-10(12(16)3-8)11-4-9(20)5-13(21)14(11)19-7-17-6-18-19/h1-3,6-7,11,14H,4-5H2/t11-,14-/m0/s1. The van der Waals surface area contributed by atoms with Crippen molar-refractivity contribution in [2.24, 2.45) is 0 Å². The Morgan fingerprint density at radius 2 is 2.05 bits per heavy atom. The van der Waals surface area contributed by atoms with Gasteiger partial charge in [-0.2, -0.15) is 5.10 Å². The van der Waals surface area contributed by atoms with E-state index in [1.807, 2.05) is 0 Å². The maximum absolute atomic E-state index is 12.3. The highest BCUT2D eigenvalue weighted by Crippen LogP contribution is 2.40. The van der Waals surface area contributed by atoms with Gasteiger partial charge in [0.1, 0.15) is 24.5 Å². The van der Waals surface area contributed by atoms with E-state index in [1.54, 1.807) is 18.2 Å². The van der Waals surface area contributed by atoms with Crippen LogP contribution in [0.3, 0.4) is 0 Å². The lowest BCUT2D eigenvalue weighted by Crippen LogP contribution is -2.34. The third-order valence-electron chi connectivity index (χ3n) is 3.61. The summed E-state index contributed by atoms with van der Waals surface area (Å²) in [7, 11) is 0. The molecule has 0 amide bonds. The van der Waals surface area contributed by atoms with Gasteiger partial charge in [-0.3, -0.25) is 9.59 Å². The van der Waals surface area contributed by atoms with E-state index >= 15 is 0 Å². The van der Waals surface area contributed by atoms with Crippen molar-refractivity contribution in [1.82, 2.24) is 14.8 Å². The average molecular weight is 324 g/mol. The number of carbonyl (C=O) groups is 2. The van der Waals surface area contributed by atoms with Crippen molar-refractivity contribution < 1.29 is 9.59 Å². The molecule has 0 N–H and O–H groups in total. The minimum absolute atomic E-state index is 0.0771. The molecule has 1 aromatic heterocycles. The second kappa shape index (κ2) is 5.58. The van der Waals surface area contributed by atoms with Crippen LogP contribution in [0, 0.1) is 0 Å². The van der Waals surface area contributed by atoms with E-state index in [9.17, 15) is 9.59 Å².